The van der Waals surface area contributed by atoms with E-state index in [1.54, 1.807) is 36.9 Å². The molecule has 0 aliphatic rings. The maximum absolute atomic E-state index is 12.0. The molecule has 1 heterocycles. The van der Waals surface area contributed by atoms with Crippen LogP contribution in [-0.4, -0.2) is 46.4 Å². The number of tetrazole rings is 1. The summed E-state index contributed by atoms with van der Waals surface area (Å²) in [6.45, 7) is 3.02. The number of ether oxygens (including phenoxy) is 1. The van der Waals surface area contributed by atoms with E-state index in [4.69, 9.17) is 4.74 Å². The molecule has 0 saturated carbocycles. The van der Waals surface area contributed by atoms with Crippen molar-refractivity contribution in [1.82, 2.24) is 25.5 Å². The van der Waals surface area contributed by atoms with Gasteiger partial charge in [-0.2, -0.15) is 4.68 Å². The number of carbonyl (C=O) groups is 1. The van der Waals surface area contributed by atoms with Gasteiger partial charge in [-0.1, -0.05) is 6.07 Å². The number of hydrogen-bond acceptors (Lipinski definition) is 5. The molecule has 2 rings (SSSR count). The van der Waals surface area contributed by atoms with Crippen molar-refractivity contribution in [1.29, 1.82) is 0 Å². The van der Waals surface area contributed by atoms with Crippen LogP contribution in [0.3, 0.4) is 0 Å². The van der Waals surface area contributed by atoms with Crippen molar-refractivity contribution in [2.45, 2.75) is 13.3 Å². The molecule has 0 fully saturated rings. The van der Waals surface area contributed by atoms with E-state index in [-0.39, 0.29) is 5.91 Å². The molecule has 106 valence electrons. The fraction of sp³-hybridized carbons (Fsp3) is 0.385. The van der Waals surface area contributed by atoms with Gasteiger partial charge in [-0.15, -0.1) is 5.10 Å². The molecule has 1 aromatic carbocycles. The Labute approximate surface area is 116 Å². The molecule has 0 spiro atoms. The van der Waals surface area contributed by atoms with E-state index in [0.717, 1.165) is 12.1 Å². The van der Waals surface area contributed by atoms with Gasteiger partial charge in [-0.25, -0.2) is 0 Å². The number of nitrogens with one attached hydrogen (secondary N) is 1. The molecule has 0 saturated heterocycles. The van der Waals surface area contributed by atoms with E-state index in [1.807, 2.05) is 6.07 Å². The fourth-order valence-electron chi connectivity index (χ4n) is 1.77. The van der Waals surface area contributed by atoms with Gasteiger partial charge in [0.15, 0.2) is 5.82 Å². The zero-order valence-corrected chi connectivity index (χ0v) is 11.5. The van der Waals surface area contributed by atoms with Gasteiger partial charge in [-0.05, 0) is 42.0 Å². The Morgan fingerprint density at radius 2 is 2.30 bits per heavy atom. The topological polar surface area (TPSA) is 81.9 Å². The van der Waals surface area contributed by atoms with E-state index in [9.17, 15) is 4.79 Å². The molecule has 0 aliphatic heterocycles. The zero-order valence-electron chi connectivity index (χ0n) is 11.5. The van der Waals surface area contributed by atoms with Crippen molar-refractivity contribution in [3.63, 3.8) is 0 Å². The Morgan fingerprint density at radius 1 is 1.45 bits per heavy atom. The smallest absolute Gasteiger partial charge is 0.251 e. The highest BCUT2D eigenvalue weighted by Crippen LogP contribution is 2.10. The van der Waals surface area contributed by atoms with Gasteiger partial charge in [0.1, 0.15) is 0 Å². The Bertz CT molecular complexity index is 582. The molecule has 0 aliphatic carbocycles. The van der Waals surface area contributed by atoms with Crippen LogP contribution in [0.5, 0.6) is 0 Å². The first-order valence-electron chi connectivity index (χ1n) is 6.35. The predicted octanol–water partition coefficient (Wildman–Crippen LogP) is 0.737. The van der Waals surface area contributed by atoms with Crippen molar-refractivity contribution in [3.8, 4) is 5.69 Å². The second-order valence-electron chi connectivity index (χ2n) is 4.29. The van der Waals surface area contributed by atoms with Gasteiger partial charge in [0.25, 0.3) is 5.91 Å². The minimum Gasteiger partial charge on any atom is -0.385 e. The number of amides is 1. The lowest BCUT2D eigenvalue weighted by Crippen LogP contribution is -2.25. The summed E-state index contributed by atoms with van der Waals surface area (Å²) in [5.74, 6) is 0.552. The van der Waals surface area contributed by atoms with E-state index >= 15 is 0 Å². The van der Waals surface area contributed by atoms with E-state index in [1.165, 1.54) is 0 Å². The number of hydrogen-bond donors (Lipinski definition) is 1. The summed E-state index contributed by atoms with van der Waals surface area (Å²) in [6.07, 6.45) is 0.786. The number of aryl methyl sites for hydroxylation is 1. The van der Waals surface area contributed by atoms with Gasteiger partial charge in [0.05, 0.1) is 5.69 Å². The third-order valence-electron chi connectivity index (χ3n) is 2.79. The highest BCUT2D eigenvalue weighted by molar-refractivity contribution is 5.94. The van der Waals surface area contributed by atoms with Crippen LogP contribution in [-0.2, 0) is 4.74 Å². The van der Waals surface area contributed by atoms with Crippen LogP contribution in [0.2, 0.25) is 0 Å². The SMILES string of the molecule is COCCCNC(=O)c1cccc(-n2nnnc2C)c1. The molecular formula is C13H17N5O2. The molecule has 0 atom stereocenters. The summed E-state index contributed by atoms with van der Waals surface area (Å²) < 4.78 is 6.52. The number of nitrogens with zero attached hydrogens (tertiary/aromatic N) is 4. The average molecular weight is 275 g/mol. The van der Waals surface area contributed by atoms with Crippen LogP contribution in [0.1, 0.15) is 22.6 Å². The molecule has 1 aromatic heterocycles. The molecule has 2 aromatic rings. The summed E-state index contributed by atoms with van der Waals surface area (Å²) in [4.78, 5) is 12.0. The maximum atomic E-state index is 12.0. The second kappa shape index (κ2) is 6.76. The maximum Gasteiger partial charge on any atom is 0.251 e. The molecular weight excluding hydrogens is 258 g/mol. The Kier molecular flexibility index (Phi) is 4.78. The minimum atomic E-state index is -0.117. The number of carbonyl (C=O) groups excluding carboxylic acids is 1. The molecule has 1 N–H and O–H groups in total. The summed E-state index contributed by atoms with van der Waals surface area (Å²) >= 11 is 0. The van der Waals surface area contributed by atoms with Crippen molar-refractivity contribution >= 4 is 5.91 Å². The van der Waals surface area contributed by atoms with Gasteiger partial charge in [-0.3, -0.25) is 4.79 Å². The van der Waals surface area contributed by atoms with E-state index < -0.39 is 0 Å². The van der Waals surface area contributed by atoms with Crippen molar-refractivity contribution in [3.05, 3.63) is 35.7 Å². The first kappa shape index (κ1) is 14.1. The number of aromatic nitrogens is 4. The van der Waals surface area contributed by atoms with Crippen LogP contribution >= 0.6 is 0 Å². The summed E-state index contributed by atoms with van der Waals surface area (Å²) in [6, 6.07) is 7.18. The predicted molar refractivity (Wildman–Crippen MR) is 72.7 cm³/mol. The molecule has 0 bridgehead atoms. The third kappa shape index (κ3) is 3.39. The van der Waals surface area contributed by atoms with Crippen LogP contribution < -0.4 is 5.32 Å². The number of rotatable bonds is 6. The minimum absolute atomic E-state index is 0.117. The molecule has 1 amide bonds. The van der Waals surface area contributed by atoms with E-state index in [0.29, 0.717) is 24.5 Å². The molecule has 7 heteroatoms. The molecule has 20 heavy (non-hydrogen) atoms. The molecule has 0 unspecified atom stereocenters. The monoisotopic (exact) mass is 275 g/mol. The second-order valence-corrected chi connectivity index (χ2v) is 4.29. The molecule has 0 radical (unpaired) electrons. The van der Waals surface area contributed by atoms with Crippen molar-refractivity contribution in [2.24, 2.45) is 0 Å². The number of methoxy groups -OCH3 is 1. The molecule has 7 nitrogen and oxygen atoms in total. The van der Waals surface area contributed by atoms with Gasteiger partial charge in [0.2, 0.25) is 0 Å². The average Bonchev–Trinajstić information content (AvgIpc) is 2.90. The van der Waals surface area contributed by atoms with Crippen LogP contribution in [0.25, 0.3) is 5.69 Å². The normalized spacial score (nSPS) is 10.5. The van der Waals surface area contributed by atoms with E-state index in [2.05, 4.69) is 20.8 Å². The van der Waals surface area contributed by atoms with Crippen LogP contribution in [0.4, 0.5) is 0 Å². The standard InChI is InChI=1S/C13H17N5O2/c1-10-15-16-17-18(10)12-6-3-5-11(9-12)13(19)14-7-4-8-20-2/h3,5-6,9H,4,7-8H2,1-2H3,(H,14,19). The first-order valence-corrected chi connectivity index (χ1v) is 6.35. The summed E-state index contributed by atoms with van der Waals surface area (Å²) in [7, 11) is 1.64. The highest BCUT2D eigenvalue weighted by atomic mass is 16.5. The zero-order chi connectivity index (χ0) is 14.4. The van der Waals surface area contributed by atoms with Crippen LogP contribution in [0, 0.1) is 6.92 Å². The fourth-order valence-corrected chi connectivity index (χ4v) is 1.77. The lowest BCUT2D eigenvalue weighted by Gasteiger charge is -2.07. The van der Waals surface area contributed by atoms with Gasteiger partial charge < -0.3 is 10.1 Å². The first-order chi connectivity index (χ1) is 9.72. The van der Waals surface area contributed by atoms with Gasteiger partial charge >= 0.3 is 0 Å². The largest absolute Gasteiger partial charge is 0.385 e. The lowest BCUT2D eigenvalue weighted by atomic mass is 10.2. The van der Waals surface area contributed by atoms with Gasteiger partial charge in [0, 0.05) is 25.8 Å². The Morgan fingerprint density at radius 3 is 3.00 bits per heavy atom. The Balaban J connectivity index is 2.06. The third-order valence-corrected chi connectivity index (χ3v) is 2.79. The summed E-state index contributed by atoms with van der Waals surface area (Å²) in [5.41, 5.74) is 1.34. The summed E-state index contributed by atoms with van der Waals surface area (Å²) in [5, 5.41) is 14.1. The van der Waals surface area contributed by atoms with Crippen LogP contribution in [0.15, 0.2) is 24.3 Å². The van der Waals surface area contributed by atoms with Crippen molar-refractivity contribution in [2.75, 3.05) is 20.3 Å². The Hall–Kier alpha value is -2.28. The highest BCUT2D eigenvalue weighted by Gasteiger charge is 2.08. The quantitative estimate of drug-likeness (QED) is 0.786. The number of benzene rings is 1. The van der Waals surface area contributed by atoms with Crippen molar-refractivity contribution < 1.29 is 9.53 Å². The lowest BCUT2D eigenvalue weighted by molar-refractivity contribution is 0.0948.